The fourth-order valence-corrected chi connectivity index (χ4v) is 0.910. The van der Waals surface area contributed by atoms with E-state index in [1.165, 1.54) is 6.42 Å². The quantitative estimate of drug-likeness (QED) is 0.500. The van der Waals surface area contributed by atoms with Crippen molar-refractivity contribution in [2.45, 2.75) is 25.9 Å². The molecule has 0 N–H and O–H groups in total. The number of carbonyl (C=O) groups is 1. The molecule has 2 heteroatoms. The molecule has 1 saturated carbocycles. The summed E-state index contributed by atoms with van der Waals surface area (Å²) in [6.07, 6.45) is 2.49. The Bertz CT molecular complexity index is 90.5. The molecule has 0 radical (unpaired) electrons. The summed E-state index contributed by atoms with van der Waals surface area (Å²) in [5.74, 6) is 0.597. The molecule has 0 amide bonds. The molecule has 1 aliphatic rings. The third kappa shape index (κ3) is 0.831. The largest absolute Gasteiger partial charge is 0.464 e. The Labute approximate surface area is 48.8 Å². The number of rotatable bonds is 2. The Morgan fingerprint density at radius 1 is 1.62 bits per heavy atom. The van der Waals surface area contributed by atoms with Gasteiger partial charge in [0.1, 0.15) is 6.10 Å². The van der Waals surface area contributed by atoms with Gasteiger partial charge in [-0.15, -0.1) is 0 Å². The van der Waals surface area contributed by atoms with Crippen LogP contribution in [0.3, 0.4) is 0 Å². The highest BCUT2D eigenvalue weighted by Crippen LogP contribution is 2.28. The van der Waals surface area contributed by atoms with Crippen LogP contribution in [0.1, 0.15) is 19.8 Å². The van der Waals surface area contributed by atoms with Crippen LogP contribution in [0.25, 0.3) is 0 Å². The summed E-state index contributed by atoms with van der Waals surface area (Å²) in [4.78, 5) is 9.73. The predicted molar refractivity (Wildman–Crippen MR) is 29.3 cm³/mol. The van der Waals surface area contributed by atoms with Gasteiger partial charge in [-0.2, -0.15) is 0 Å². The van der Waals surface area contributed by atoms with Crippen LogP contribution in [0.5, 0.6) is 0 Å². The SMILES string of the molecule is CC1CCC1OC=O. The van der Waals surface area contributed by atoms with Gasteiger partial charge < -0.3 is 4.74 Å². The van der Waals surface area contributed by atoms with E-state index in [2.05, 4.69) is 6.92 Å². The maximum absolute atomic E-state index is 9.73. The Hall–Kier alpha value is -0.530. The van der Waals surface area contributed by atoms with E-state index in [1.807, 2.05) is 0 Å². The van der Waals surface area contributed by atoms with Gasteiger partial charge >= 0.3 is 0 Å². The first kappa shape index (κ1) is 5.60. The van der Waals surface area contributed by atoms with E-state index >= 15 is 0 Å². The molecule has 2 atom stereocenters. The maximum Gasteiger partial charge on any atom is 0.293 e. The molecule has 0 saturated heterocycles. The lowest BCUT2D eigenvalue weighted by atomic mass is 9.84. The normalized spacial score (nSPS) is 35.6. The van der Waals surface area contributed by atoms with Gasteiger partial charge in [0.2, 0.25) is 0 Å². The van der Waals surface area contributed by atoms with Crippen molar-refractivity contribution in [2.24, 2.45) is 5.92 Å². The topological polar surface area (TPSA) is 26.3 Å². The van der Waals surface area contributed by atoms with Gasteiger partial charge in [0.25, 0.3) is 6.47 Å². The van der Waals surface area contributed by atoms with Gasteiger partial charge in [-0.25, -0.2) is 0 Å². The highest BCUT2D eigenvalue weighted by atomic mass is 16.5. The molecule has 2 nitrogen and oxygen atoms in total. The zero-order valence-electron chi connectivity index (χ0n) is 4.96. The Kier molecular flexibility index (Phi) is 1.51. The molecule has 8 heavy (non-hydrogen) atoms. The van der Waals surface area contributed by atoms with Crippen LogP contribution in [0, 0.1) is 5.92 Å². The lowest BCUT2D eigenvalue weighted by Crippen LogP contribution is -2.31. The molecule has 0 aromatic carbocycles. The number of ether oxygens (including phenoxy) is 1. The first-order valence-electron chi connectivity index (χ1n) is 2.93. The van der Waals surface area contributed by atoms with Crippen molar-refractivity contribution < 1.29 is 9.53 Å². The molecule has 0 aromatic rings. The molecule has 0 spiro atoms. The summed E-state index contributed by atoms with van der Waals surface area (Å²) in [6, 6.07) is 0. The van der Waals surface area contributed by atoms with Gasteiger partial charge in [0, 0.05) is 0 Å². The van der Waals surface area contributed by atoms with Crippen molar-refractivity contribution >= 4 is 6.47 Å². The maximum atomic E-state index is 9.73. The molecule has 46 valence electrons. The van der Waals surface area contributed by atoms with Crippen LogP contribution in [-0.4, -0.2) is 12.6 Å². The van der Waals surface area contributed by atoms with Crippen molar-refractivity contribution in [2.75, 3.05) is 0 Å². The van der Waals surface area contributed by atoms with E-state index in [-0.39, 0.29) is 6.10 Å². The molecule has 1 aliphatic carbocycles. The van der Waals surface area contributed by atoms with E-state index < -0.39 is 0 Å². The molecular formula is C6H10O2. The molecule has 1 fully saturated rings. The van der Waals surface area contributed by atoms with Crippen molar-refractivity contribution in [3.63, 3.8) is 0 Å². The summed E-state index contributed by atoms with van der Waals surface area (Å²) in [7, 11) is 0. The number of hydrogen-bond donors (Lipinski definition) is 0. The highest BCUT2D eigenvalue weighted by Gasteiger charge is 2.27. The molecule has 2 unspecified atom stereocenters. The molecule has 0 aliphatic heterocycles. The van der Waals surface area contributed by atoms with Crippen molar-refractivity contribution in [3.8, 4) is 0 Å². The molecule has 0 bridgehead atoms. The summed E-state index contributed by atoms with van der Waals surface area (Å²) in [6.45, 7) is 2.64. The summed E-state index contributed by atoms with van der Waals surface area (Å²) >= 11 is 0. The minimum Gasteiger partial charge on any atom is -0.464 e. The zero-order chi connectivity index (χ0) is 5.98. The van der Waals surface area contributed by atoms with Gasteiger partial charge in [0.15, 0.2) is 0 Å². The minimum atomic E-state index is 0.229. The summed E-state index contributed by atoms with van der Waals surface area (Å²) in [5.41, 5.74) is 0. The van der Waals surface area contributed by atoms with Gasteiger partial charge in [-0.1, -0.05) is 6.92 Å². The van der Waals surface area contributed by atoms with E-state index in [0.29, 0.717) is 12.4 Å². The van der Waals surface area contributed by atoms with E-state index in [9.17, 15) is 4.79 Å². The Morgan fingerprint density at radius 2 is 2.38 bits per heavy atom. The van der Waals surface area contributed by atoms with Crippen molar-refractivity contribution in [3.05, 3.63) is 0 Å². The second-order valence-electron chi connectivity index (χ2n) is 2.33. The fraction of sp³-hybridized carbons (Fsp3) is 0.833. The fourth-order valence-electron chi connectivity index (χ4n) is 0.910. The molecule has 0 heterocycles. The average Bonchev–Trinajstić information content (AvgIpc) is 1.79. The number of carbonyl (C=O) groups excluding carboxylic acids is 1. The smallest absolute Gasteiger partial charge is 0.293 e. The Balaban J connectivity index is 2.16. The lowest BCUT2D eigenvalue weighted by molar-refractivity contribution is -0.141. The van der Waals surface area contributed by atoms with Gasteiger partial charge in [-0.3, -0.25) is 4.79 Å². The zero-order valence-corrected chi connectivity index (χ0v) is 4.96. The average molecular weight is 114 g/mol. The van der Waals surface area contributed by atoms with Gasteiger partial charge in [-0.05, 0) is 18.8 Å². The first-order chi connectivity index (χ1) is 3.84. The second kappa shape index (κ2) is 2.16. The molecule has 0 aromatic heterocycles. The van der Waals surface area contributed by atoms with Crippen LogP contribution < -0.4 is 0 Å². The van der Waals surface area contributed by atoms with Crippen molar-refractivity contribution in [1.82, 2.24) is 0 Å². The van der Waals surface area contributed by atoms with Gasteiger partial charge in [0.05, 0.1) is 0 Å². The predicted octanol–water partition coefficient (Wildman–Crippen LogP) is 0.958. The van der Waals surface area contributed by atoms with E-state index in [1.54, 1.807) is 0 Å². The highest BCUT2D eigenvalue weighted by molar-refractivity contribution is 5.37. The molecule has 1 rings (SSSR count). The lowest BCUT2D eigenvalue weighted by Gasteiger charge is -2.31. The van der Waals surface area contributed by atoms with E-state index in [4.69, 9.17) is 4.74 Å². The van der Waals surface area contributed by atoms with Crippen molar-refractivity contribution in [1.29, 1.82) is 0 Å². The third-order valence-electron chi connectivity index (χ3n) is 1.77. The standard InChI is InChI=1S/C6H10O2/c1-5-2-3-6(5)8-4-7/h4-6H,2-3H2,1H3. The summed E-state index contributed by atoms with van der Waals surface area (Å²) < 4.78 is 4.71. The number of hydrogen-bond acceptors (Lipinski definition) is 2. The first-order valence-corrected chi connectivity index (χ1v) is 2.93. The summed E-state index contributed by atoms with van der Waals surface area (Å²) in [5, 5.41) is 0. The third-order valence-corrected chi connectivity index (χ3v) is 1.77. The molecular weight excluding hydrogens is 104 g/mol. The monoisotopic (exact) mass is 114 g/mol. The van der Waals surface area contributed by atoms with Crippen LogP contribution in [0.15, 0.2) is 0 Å². The second-order valence-corrected chi connectivity index (χ2v) is 2.33. The van der Waals surface area contributed by atoms with E-state index in [0.717, 1.165) is 6.42 Å². The Morgan fingerprint density at radius 3 is 2.50 bits per heavy atom. The van der Waals surface area contributed by atoms with Crippen LogP contribution >= 0.6 is 0 Å². The van der Waals surface area contributed by atoms with Crippen LogP contribution in [-0.2, 0) is 9.53 Å². The minimum absolute atomic E-state index is 0.229. The van der Waals surface area contributed by atoms with Crippen LogP contribution in [0.4, 0.5) is 0 Å². The van der Waals surface area contributed by atoms with Crippen LogP contribution in [0.2, 0.25) is 0 Å².